The SMILES string of the molecule is CC(=O)Nc1c2n(c3ccccc13)C[C@](C)(C(=O)NC1CCCC1)N(Cc1ccc(C)cc1)C2=O. The molecule has 7 heteroatoms. The Kier molecular flexibility index (Phi) is 5.87. The van der Waals surface area contributed by atoms with Crippen molar-refractivity contribution in [1.82, 2.24) is 14.8 Å². The van der Waals surface area contributed by atoms with Crippen LogP contribution in [0.5, 0.6) is 0 Å². The first kappa shape index (κ1) is 23.1. The molecule has 0 radical (unpaired) electrons. The van der Waals surface area contributed by atoms with E-state index in [2.05, 4.69) is 10.6 Å². The molecule has 35 heavy (non-hydrogen) atoms. The molecule has 2 heterocycles. The van der Waals surface area contributed by atoms with Crippen LogP contribution in [0.15, 0.2) is 48.5 Å². The topological polar surface area (TPSA) is 83.4 Å². The van der Waals surface area contributed by atoms with Crippen molar-refractivity contribution in [2.45, 2.75) is 71.1 Å². The van der Waals surface area contributed by atoms with E-state index in [0.29, 0.717) is 24.5 Å². The van der Waals surface area contributed by atoms with Crippen molar-refractivity contribution in [3.63, 3.8) is 0 Å². The Morgan fingerprint density at radius 3 is 2.43 bits per heavy atom. The highest BCUT2D eigenvalue weighted by atomic mass is 16.2. The van der Waals surface area contributed by atoms with Gasteiger partial charge >= 0.3 is 0 Å². The van der Waals surface area contributed by atoms with E-state index in [1.165, 1.54) is 6.92 Å². The molecule has 2 aromatic carbocycles. The molecule has 2 aliphatic rings. The molecule has 1 atom stereocenters. The number of hydrogen-bond acceptors (Lipinski definition) is 3. The lowest BCUT2D eigenvalue weighted by molar-refractivity contribution is -0.133. The third-order valence-electron chi connectivity index (χ3n) is 7.42. The molecule has 182 valence electrons. The molecule has 3 aromatic rings. The van der Waals surface area contributed by atoms with Crippen LogP contribution in [0.1, 0.15) is 61.1 Å². The zero-order chi connectivity index (χ0) is 24.7. The quantitative estimate of drug-likeness (QED) is 0.578. The molecule has 0 bridgehead atoms. The highest BCUT2D eigenvalue weighted by molar-refractivity contribution is 6.14. The molecule has 1 fully saturated rings. The Morgan fingerprint density at radius 2 is 1.74 bits per heavy atom. The lowest BCUT2D eigenvalue weighted by atomic mass is 9.93. The molecule has 5 rings (SSSR count). The number of aromatic nitrogens is 1. The van der Waals surface area contributed by atoms with Gasteiger partial charge in [-0.05, 0) is 38.3 Å². The van der Waals surface area contributed by atoms with Crippen molar-refractivity contribution in [2.24, 2.45) is 0 Å². The number of nitrogens with one attached hydrogen (secondary N) is 2. The second-order valence-electron chi connectivity index (χ2n) is 10.1. The number of benzene rings is 2. The number of aryl methyl sites for hydroxylation is 1. The monoisotopic (exact) mass is 472 g/mol. The summed E-state index contributed by atoms with van der Waals surface area (Å²) in [7, 11) is 0. The summed E-state index contributed by atoms with van der Waals surface area (Å²) >= 11 is 0. The smallest absolute Gasteiger partial charge is 0.273 e. The van der Waals surface area contributed by atoms with Crippen LogP contribution in [0.3, 0.4) is 0 Å². The van der Waals surface area contributed by atoms with E-state index in [0.717, 1.165) is 47.7 Å². The second-order valence-corrected chi connectivity index (χ2v) is 10.1. The van der Waals surface area contributed by atoms with E-state index >= 15 is 0 Å². The van der Waals surface area contributed by atoms with Crippen LogP contribution in [0.2, 0.25) is 0 Å². The summed E-state index contributed by atoms with van der Waals surface area (Å²) in [4.78, 5) is 41.8. The van der Waals surface area contributed by atoms with E-state index in [1.807, 2.05) is 66.9 Å². The highest BCUT2D eigenvalue weighted by Crippen LogP contribution is 2.39. The zero-order valence-corrected chi connectivity index (χ0v) is 20.6. The molecule has 0 spiro atoms. The van der Waals surface area contributed by atoms with Gasteiger partial charge in [-0.1, -0.05) is 60.9 Å². The van der Waals surface area contributed by atoms with Crippen LogP contribution < -0.4 is 10.6 Å². The zero-order valence-electron chi connectivity index (χ0n) is 20.6. The van der Waals surface area contributed by atoms with Crippen molar-refractivity contribution < 1.29 is 14.4 Å². The number of para-hydroxylation sites is 1. The third kappa shape index (κ3) is 4.09. The van der Waals surface area contributed by atoms with Gasteiger partial charge in [0.15, 0.2) is 0 Å². The largest absolute Gasteiger partial charge is 0.351 e. The van der Waals surface area contributed by atoms with Crippen LogP contribution in [-0.2, 0) is 22.7 Å². The molecule has 1 aliphatic heterocycles. The van der Waals surface area contributed by atoms with E-state index in [1.54, 1.807) is 4.90 Å². The summed E-state index contributed by atoms with van der Waals surface area (Å²) < 4.78 is 1.91. The molecule has 1 saturated carbocycles. The third-order valence-corrected chi connectivity index (χ3v) is 7.42. The molecule has 1 aliphatic carbocycles. The molecular formula is C28H32N4O3. The molecule has 7 nitrogen and oxygen atoms in total. The van der Waals surface area contributed by atoms with Crippen molar-refractivity contribution >= 4 is 34.3 Å². The fraction of sp³-hybridized carbons (Fsp3) is 0.393. The Balaban J connectivity index is 1.63. The number of rotatable bonds is 5. The van der Waals surface area contributed by atoms with E-state index < -0.39 is 5.54 Å². The van der Waals surface area contributed by atoms with Crippen LogP contribution in [-0.4, -0.2) is 38.8 Å². The van der Waals surface area contributed by atoms with Gasteiger partial charge < -0.3 is 20.1 Å². The normalized spacial score (nSPS) is 20.2. The standard InChI is InChI=1S/C28H32N4O3/c1-18-12-14-20(15-13-18)16-32-26(34)25-24(29-19(2)33)22-10-6-7-11-23(22)31(25)17-28(32,3)27(35)30-21-8-4-5-9-21/h6-7,10-15,21H,4-5,8-9,16-17H2,1-3H3,(H,29,33)(H,30,35)/t28-/m1/s1. The molecular weight excluding hydrogens is 440 g/mol. The van der Waals surface area contributed by atoms with Gasteiger partial charge in [-0.3, -0.25) is 14.4 Å². The first-order chi connectivity index (χ1) is 16.8. The van der Waals surface area contributed by atoms with Crippen molar-refractivity contribution in [1.29, 1.82) is 0 Å². The maximum Gasteiger partial charge on any atom is 0.273 e. The first-order valence-corrected chi connectivity index (χ1v) is 12.4. The first-order valence-electron chi connectivity index (χ1n) is 12.4. The number of fused-ring (bicyclic) bond motifs is 3. The minimum Gasteiger partial charge on any atom is -0.351 e. The summed E-state index contributed by atoms with van der Waals surface area (Å²) in [6.07, 6.45) is 4.16. The van der Waals surface area contributed by atoms with Gasteiger partial charge in [-0.15, -0.1) is 0 Å². The number of carbonyl (C=O) groups excluding carboxylic acids is 3. The summed E-state index contributed by atoms with van der Waals surface area (Å²) in [5.41, 5.74) is 2.75. The number of hydrogen-bond donors (Lipinski definition) is 2. The van der Waals surface area contributed by atoms with Gasteiger partial charge in [-0.25, -0.2) is 0 Å². The lowest BCUT2D eigenvalue weighted by Gasteiger charge is -2.44. The highest BCUT2D eigenvalue weighted by Gasteiger charge is 2.49. The summed E-state index contributed by atoms with van der Waals surface area (Å²) in [6, 6.07) is 15.8. The predicted octanol–water partition coefficient (Wildman–Crippen LogP) is 4.38. The van der Waals surface area contributed by atoms with Crippen LogP contribution in [0, 0.1) is 6.92 Å². The van der Waals surface area contributed by atoms with Crippen LogP contribution >= 0.6 is 0 Å². The van der Waals surface area contributed by atoms with Crippen LogP contribution in [0.25, 0.3) is 10.9 Å². The summed E-state index contributed by atoms with van der Waals surface area (Å²) in [5.74, 6) is -0.635. The molecule has 0 saturated heterocycles. The fourth-order valence-electron chi connectivity index (χ4n) is 5.47. The minimum absolute atomic E-state index is 0.130. The number of anilines is 1. The van der Waals surface area contributed by atoms with Gasteiger partial charge in [-0.2, -0.15) is 0 Å². The maximum atomic E-state index is 14.2. The Labute approximate surface area is 205 Å². The fourth-order valence-corrected chi connectivity index (χ4v) is 5.47. The van der Waals surface area contributed by atoms with E-state index in [-0.39, 0.29) is 23.8 Å². The van der Waals surface area contributed by atoms with Gasteiger partial charge in [0.25, 0.3) is 5.91 Å². The molecule has 0 unspecified atom stereocenters. The van der Waals surface area contributed by atoms with Gasteiger partial charge in [0.1, 0.15) is 11.2 Å². The lowest BCUT2D eigenvalue weighted by Crippen LogP contribution is -2.64. The van der Waals surface area contributed by atoms with Crippen LogP contribution in [0.4, 0.5) is 5.69 Å². The summed E-state index contributed by atoms with van der Waals surface area (Å²) in [6.45, 7) is 5.93. The Morgan fingerprint density at radius 1 is 1.06 bits per heavy atom. The average Bonchev–Trinajstić information content (AvgIpc) is 3.44. The molecule has 1 aromatic heterocycles. The average molecular weight is 473 g/mol. The minimum atomic E-state index is -1.09. The number of carbonyl (C=O) groups is 3. The molecule has 3 amide bonds. The van der Waals surface area contributed by atoms with Gasteiger partial charge in [0, 0.05) is 24.9 Å². The van der Waals surface area contributed by atoms with E-state index in [9.17, 15) is 14.4 Å². The summed E-state index contributed by atoms with van der Waals surface area (Å²) in [5, 5.41) is 6.92. The maximum absolute atomic E-state index is 14.2. The predicted molar refractivity (Wildman–Crippen MR) is 136 cm³/mol. The van der Waals surface area contributed by atoms with Gasteiger partial charge in [0.2, 0.25) is 11.8 Å². The van der Waals surface area contributed by atoms with Crippen molar-refractivity contribution in [3.8, 4) is 0 Å². The number of nitrogens with zero attached hydrogens (tertiary/aromatic N) is 2. The van der Waals surface area contributed by atoms with E-state index in [4.69, 9.17) is 0 Å². The number of amides is 3. The Hall–Kier alpha value is -3.61. The van der Waals surface area contributed by atoms with Crippen molar-refractivity contribution in [2.75, 3.05) is 5.32 Å². The van der Waals surface area contributed by atoms with Gasteiger partial charge in [0.05, 0.1) is 17.7 Å². The Bertz CT molecular complexity index is 1300. The van der Waals surface area contributed by atoms with Crippen molar-refractivity contribution in [3.05, 3.63) is 65.4 Å². The molecule has 2 N–H and O–H groups in total. The second kappa shape index (κ2) is 8.87.